The molecular weight excluding hydrogens is 214 g/mol. The molecule has 4 nitrogen and oxygen atoms in total. The Bertz CT molecular complexity index is 237. The molecule has 2 N–H and O–H groups in total. The van der Waals surface area contributed by atoms with Gasteiger partial charge in [0.25, 0.3) is 0 Å². The van der Waals surface area contributed by atoms with Gasteiger partial charge in [-0.2, -0.15) is 0 Å². The molecule has 2 aliphatic rings. The topological polar surface area (TPSA) is 41.7 Å². The highest BCUT2D eigenvalue weighted by molar-refractivity contribution is 4.81. The summed E-state index contributed by atoms with van der Waals surface area (Å²) in [7, 11) is 2.18. The first kappa shape index (κ1) is 13.3. The van der Waals surface area contributed by atoms with Crippen LogP contribution >= 0.6 is 0 Å². The minimum absolute atomic E-state index is 0.389. The van der Waals surface area contributed by atoms with Crippen molar-refractivity contribution < 1.29 is 4.74 Å². The van der Waals surface area contributed by atoms with E-state index in [0.29, 0.717) is 12.0 Å². The molecule has 0 radical (unpaired) electrons. The Morgan fingerprint density at radius 2 is 2.12 bits per heavy atom. The number of rotatable bonds is 3. The highest BCUT2D eigenvalue weighted by atomic mass is 16.5. The summed E-state index contributed by atoms with van der Waals surface area (Å²) in [6.45, 7) is 9.61. The van der Waals surface area contributed by atoms with E-state index >= 15 is 0 Å². The average Bonchev–Trinajstić information content (AvgIpc) is 2.32. The molecular formula is C13H27N3O. The maximum atomic E-state index is 5.84. The molecule has 0 spiro atoms. The van der Waals surface area contributed by atoms with Gasteiger partial charge in [0.2, 0.25) is 0 Å². The van der Waals surface area contributed by atoms with E-state index in [9.17, 15) is 0 Å². The molecule has 0 aromatic carbocycles. The highest BCUT2D eigenvalue weighted by Gasteiger charge is 2.28. The number of hydrogen-bond acceptors (Lipinski definition) is 4. The molecule has 3 unspecified atom stereocenters. The van der Waals surface area contributed by atoms with Crippen LogP contribution in [0.3, 0.4) is 0 Å². The number of likely N-dealkylation sites (N-methyl/N-ethyl adjacent to an activating group) is 1. The summed E-state index contributed by atoms with van der Waals surface area (Å²) in [5, 5.41) is 0. The third kappa shape index (κ3) is 3.65. The van der Waals surface area contributed by atoms with Crippen molar-refractivity contribution >= 4 is 0 Å². The third-order valence-corrected chi connectivity index (χ3v) is 4.30. The lowest BCUT2D eigenvalue weighted by Crippen LogP contribution is -2.50. The Hall–Kier alpha value is -0.160. The fourth-order valence-corrected chi connectivity index (χ4v) is 2.96. The van der Waals surface area contributed by atoms with Gasteiger partial charge in [-0.1, -0.05) is 6.92 Å². The van der Waals surface area contributed by atoms with Crippen LogP contribution in [-0.2, 0) is 4.74 Å². The van der Waals surface area contributed by atoms with Crippen molar-refractivity contribution in [2.45, 2.75) is 19.4 Å². The Labute approximate surface area is 105 Å². The molecule has 100 valence electrons. The first-order valence-electron chi connectivity index (χ1n) is 6.91. The number of morpholine rings is 1. The largest absolute Gasteiger partial charge is 0.374 e. The molecule has 17 heavy (non-hydrogen) atoms. The zero-order chi connectivity index (χ0) is 12.3. The second kappa shape index (κ2) is 6.14. The van der Waals surface area contributed by atoms with Crippen molar-refractivity contribution in [2.75, 3.05) is 52.9 Å². The lowest BCUT2D eigenvalue weighted by molar-refractivity contribution is -0.0428. The normalized spacial score (nSPS) is 37.2. The molecule has 2 rings (SSSR count). The van der Waals surface area contributed by atoms with Crippen LogP contribution in [0.4, 0.5) is 0 Å². The van der Waals surface area contributed by atoms with Gasteiger partial charge in [0.1, 0.15) is 0 Å². The van der Waals surface area contributed by atoms with Crippen LogP contribution in [0.15, 0.2) is 0 Å². The Kier molecular flexibility index (Phi) is 4.79. The van der Waals surface area contributed by atoms with Gasteiger partial charge in [0.05, 0.1) is 12.7 Å². The van der Waals surface area contributed by atoms with Crippen molar-refractivity contribution in [3.05, 3.63) is 0 Å². The summed E-state index contributed by atoms with van der Waals surface area (Å²) < 4.78 is 5.83. The summed E-state index contributed by atoms with van der Waals surface area (Å²) in [6.07, 6.45) is 1.67. The minimum atomic E-state index is 0.389. The molecule has 0 aromatic rings. The average molecular weight is 241 g/mol. The summed E-state index contributed by atoms with van der Waals surface area (Å²) >= 11 is 0. The number of piperidine rings is 1. The Morgan fingerprint density at radius 1 is 1.29 bits per heavy atom. The standard InChI is InChI=1S/C13H27N3O/c1-11-3-4-16(8-12(11)7-14)10-13-9-15(2)5-6-17-13/h11-13H,3-10,14H2,1-2H3. The Balaban J connectivity index is 1.78. The maximum Gasteiger partial charge on any atom is 0.0829 e. The van der Waals surface area contributed by atoms with E-state index in [1.54, 1.807) is 0 Å². The van der Waals surface area contributed by atoms with Crippen LogP contribution in [0.5, 0.6) is 0 Å². The van der Waals surface area contributed by atoms with E-state index in [4.69, 9.17) is 10.5 Å². The number of nitrogens with zero attached hydrogens (tertiary/aromatic N) is 2. The lowest BCUT2D eigenvalue weighted by atomic mass is 9.87. The van der Waals surface area contributed by atoms with Crippen LogP contribution < -0.4 is 5.73 Å². The quantitative estimate of drug-likeness (QED) is 0.768. The van der Waals surface area contributed by atoms with E-state index in [2.05, 4.69) is 23.8 Å². The monoisotopic (exact) mass is 241 g/mol. The second-order valence-electron chi connectivity index (χ2n) is 5.78. The van der Waals surface area contributed by atoms with Crippen molar-refractivity contribution in [3.8, 4) is 0 Å². The Morgan fingerprint density at radius 3 is 2.82 bits per heavy atom. The molecule has 0 amide bonds. The molecule has 3 atom stereocenters. The summed E-state index contributed by atoms with van der Waals surface area (Å²) in [5.74, 6) is 1.45. The van der Waals surface area contributed by atoms with Crippen LogP contribution in [0.1, 0.15) is 13.3 Å². The number of likely N-dealkylation sites (tertiary alicyclic amines) is 1. The number of ether oxygens (including phenoxy) is 1. The van der Waals surface area contributed by atoms with Gasteiger partial charge in [0, 0.05) is 26.2 Å². The summed E-state index contributed by atoms with van der Waals surface area (Å²) in [5.41, 5.74) is 5.84. The van der Waals surface area contributed by atoms with Crippen LogP contribution in [0.2, 0.25) is 0 Å². The third-order valence-electron chi connectivity index (χ3n) is 4.30. The first-order chi connectivity index (χ1) is 8.19. The maximum absolute atomic E-state index is 5.84. The van der Waals surface area contributed by atoms with E-state index in [0.717, 1.165) is 45.2 Å². The smallest absolute Gasteiger partial charge is 0.0829 e. The van der Waals surface area contributed by atoms with Crippen molar-refractivity contribution in [2.24, 2.45) is 17.6 Å². The lowest BCUT2D eigenvalue weighted by Gasteiger charge is -2.39. The van der Waals surface area contributed by atoms with Crippen LogP contribution in [-0.4, -0.2) is 68.8 Å². The predicted octanol–water partition coefficient (Wildman–Crippen LogP) is 0.234. The highest BCUT2D eigenvalue weighted by Crippen LogP contribution is 2.22. The minimum Gasteiger partial charge on any atom is -0.374 e. The van der Waals surface area contributed by atoms with Gasteiger partial charge in [-0.25, -0.2) is 0 Å². The van der Waals surface area contributed by atoms with Gasteiger partial charge in [-0.15, -0.1) is 0 Å². The van der Waals surface area contributed by atoms with Crippen molar-refractivity contribution in [1.82, 2.24) is 9.80 Å². The van der Waals surface area contributed by atoms with Gasteiger partial charge in [0.15, 0.2) is 0 Å². The molecule has 2 fully saturated rings. The number of nitrogens with two attached hydrogens (primary N) is 1. The second-order valence-corrected chi connectivity index (χ2v) is 5.78. The SMILES string of the molecule is CC1CCN(CC2CN(C)CCO2)CC1CN. The number of hydrogen-bond donors (Lipinski definition) is 1. The molecule has 4 heteroatoms. The summed E-state index contributed by atoms with van der Waals surface area (Å²) in [4.78, 5) is 4.91. The zero-order valence-corrected chi connectivity index (χ0v) is 11.3. The van der Waals surface area contributed by atoms with Crippen molar-refractivity contribution in [3.63, 3.8) is 0 Å². The zero-order valence-electron chi connectivity index (χ0n) is 11.3. The van der Waals surface area contributed by atoms with Gasteiger partial charge in [-0.05, 0) is 38.4 Å². The molecule has 2 heterocycles. The molecule has 2 saturated heterocycles. The van der Waals surface area contributed by atoms with Crippen LogP contribution in [0, 0.1) is 11.8 Å². The van der Waals surface area contributed by atoms with Crippen LogP contribution in [0.25, 0.3) is 0 Å². The van der Waals surface area contributed by atoms with E-state index in [-0.39, 0.29) is 0 Å². The van der Waals surface area contributed by atoms with Crippen molar-refractivity contribution in [1.29, 1.82) is 0 Å². The molecule has 2 aliphatic heterocycles. The first-order valence-corrected chi connectivity index (χ1v) is 6.91. The fourth-order valence-electron chi connectivity index (χ4n) is 2.96. The fraction of sp³-hybridized carbons (Fsp3) is 1.00. The molecule has 0 bridgehead atoms. The van der Waals surface area contributed by atoms with Gasteiger partial charge < -0.3 is 20.3 Å². The molecule has 0 aromatic heterocycles. The van der Waals surface area contributed by atoms with E-state index < -0.39 is 0 Å². The molecule has 0 aliphatic carbocycles. The van der Waals surface area contributed by atoms with E-state index in [1.165, 1.54) is 13.0 Å². The summed E-state index contributed by atoms with van der Waals surface area (Å²) in [6, 6.07) is 0. The molecule has 0 saturated carbocycles. The predicted molar refractivity (Wildman–Crippen MR) is 70.0 cm³/mol. The van der Waals surface area contributed by atoms with Gasteiger partial charge in [-0.3, -0.25) is 0 Å². The van der Waals surface area contributed by atoms with Gasteiger partial charge >= 0.3 is 0 Å². The van der Waals surface area contributed by atoms with E-state index in [1.807, 2.05) is 0 Å².